The van der Waals surface area contributed by atoms with Crippen molar-refractivity contribution in [2.24, 2.45) is 5.73 Å². The summed E-state index contributed by atoms with van der Waals surface area (Å²) >= 11 is 0.904. The summed E-state index contributed by atoms with van der Waals surface area (Å²) in [5.41, 5.74) is 5.98. The van der Waals surface area contributed by atoms with Crippen LogP contribution in [0.3, 0.4) is 0 Å². The van der Waals surface area contributed by atoms with E-state index < -0.39 is 11.9 Å². The first-order chi connectivity index (χ1) is 8.10. The molecule has 0 unspecified atom stereocenters. The highest BCUT2D eigenvalue weighted by Crippen LogP contribution is 2.23. The second-order valence-corrected chi connectivity index (χ2v) is 4.52. The summed E-state index contributed by atoms with van der Waals surface area (Å²) in [6.07, 6.45) is 1.72. The minimum absolute atomic E-state index is 0.105. The molecular formula is C11H15NO4S. The van der Waals surface area contributed by atoms with Crippen LogP contribution in [0.15, 0.2) is 6.07 Å². The summed E-state index contributed by atoms with van der Waals surface area (Å²) < 4.78 is 5.03. The van der Waals surface area contributed by atoms with Crippen LogP contribution in [0.2, 0.25) is 0 Å². The molecule has 6 heteroatoms. The number of carboxylic acid groups (broad SMARTS) is 1. The van der Waals surface area contributed by atoms with Crippen LogP contribution in [0.5, 0.6) is 0 Å². The smallest absolute Gasteiger partial charge is 0.348 e. The van der Waals surface area contributed by atoms with E-state index in [4.69, 9.17) is 15.6 Å². The molecule has 1 aromatic heterocycles. The fourth-order valence-corrected chi connectivity index (χ4v) is 2.16. The number of nitrogens with two attached hydrogens (primary N) is 1. The minimum Gasteiger partial charge on any atom is -0.477 e. The van der Waals surface area contributed by atoms with E-state index in [0.717, 1.165) is 24.2 Å². The van der Waals surface area contributed by atoms with Crippen LogP contribution in [0.25, 0.3) is 0 Å². The topological polar surface area (TPSA) is 89.6 Å². The van der Waals surface area contributed by atoms with Crippen molar-refractivity contribution in [3.63, 3.8) is 0 Å². The predicted octanol–water partition coefficient (Wildman–Crippen LogP) is 1.86. The number of hydrogen-bond acceptors (Lipinski definition) is 5. The first-order valence-electron chi connectivity index (χ1n) is 5.33. The number of carbonyl (C=O) groups is 2. The molecular weight excluding hydrogens is 242 g/mol. The number of aromatic carboxylic acids is 1. The second kappa shape index (κ2) is 6.36. The van der Waals surface area contributed by atoms with Gasteiger partial charge in [0.05, 0.1) is 6.61 Å². The maximum absolute atomic E-state index is 11.7. The molecule has 0 aliphatic rings. The van der Waals surface area contributed by atoms with Gasteiger partial charge in [0.15, 0.2) is 0 Å². The highest BCUT2D eigenvalue weighted by Gasteiger charge is 2.19. The maximum Gasteiger partial charge on any atom is 0.348 e. The number of carbonyl (C=O) groups excluding carboxylic acids is 1. The molecule has 0 spiro atoms. The lowest BCUT2D eigenvalue weighted by atomic mass is 10.2. The Kier molecular flexibility index (Phi) is 5.11. The van der Waals surface area contributed by atoms with Crippen molar-refractivity contribution in [2.75, 3.05) is 6.61 Å². The number of unbranched alkanes of at least 4 members (excludes halogenated alkanes) is 1. The Morgan fingerprint density at radius 1 is 1.53 bits per heavy atom. The lowest BCUT2D eigenvalue weighted by molar-refractivity contribution is 0.0504. The highest BCUT2D eigenvalue weighted by molar-refractivity contribution is 7.16. The number of hydrogen-bond donors (Lipinski definition) is 2. The van der Waals surface area contributed by atoms with Crippen LogP contribution < -0.4 is 5.73 Å². The van der Waals surface area contributed by atoms with Crippen LogP contribution in [0.1, 0.15) is 44.7 Å². The zero-order valence-electron chi connectivity index (χ0n) is 9.56. The Balaban J connectivity index is 2.81. The first kappa shape index (κ1) is 13.7. The van der Waals surface area contributed by atoms with E-state index in [-0.39, 0.29) is 11.4 Å². The van der Waals surface area contributed by atoms with Gasteiger partial charge in [-0.1, -0.05) is 13.3 Å². The molecule has 0 aliphatic heterocycles. The molecule has 1 aromatic rings. The van der Waals surface area contributed by atoms with E-state index >= 15 is 0 Å². The monoisotopic (exact) mass is 257 g/mol. The second-order valence-electron chi connectivity index (χ2n) is 3.46. The van der Waals surface area contributed by atoms with Gasteiger partial charge in [-0.3, -0.25) is 0 Å². The van der Waals surface area contributed by atoms with Crippen molar-refractivity contribution in [1.82, 2.24) is 0 Å². The molecule has 0 aromatic carbocycles. The lowest BCUT2D eigenvalue weighted by Crippen LogP contribution is -2.08. The quantitative estimate of drug-likeness (QED) is 0.599. The minimum atomic E-state index is -1.06. The molecule has 0 saturated heterocycles. The van der Waals surface area contributed by atoms with Crippen molar-refractivity contribution < 1.29 is 19.4 Å². The molecule has 1 rings (SSSR count). The van der Waals surface area contributed by atoms with Crippen LogP contribution in [-0.4, -0.2) is 23.7 Å². The molecule has 17 heavy (non-hydrogen) atoms. The zero-order valence-corrected chi connectivity index (χ0v) is 10.4. The molecule has 5 nitrogen and oxygen atoms in total. The molecule has 0 atom stereocenters. The number of carboxylic acids is 1. The number of rotatable bonds is 6. The van der Waals surface area contributed by atoms with Crippen molar-refractivity contribution in [3.8, 4) is 0 Å². The van der Waals surface area contributed by atoms with E-state index in [0.29, 0.717) is 17.0 Å². The van der Waals surface area contributed by atoms with Crippen molar-refractivity contribution in [1.29, 1.82) is 0 Å². The number of thiophene rings is 1. The van der Waals surface area contributed by atoms with E-state index in [2.05, 4.69) is 0 Å². The fraction of sp³-hybridized carbons (Fsp3) is 0.455. The van der Waals surface area contributed by atoms with Crippen LogP contribution in [0.4, 0.5) is 0 Å². The average Bonchev–Trinajstić information content (AvgIpc) is 2.73. The first-order valence-corrected chi connectivity index (χ1v) is 6.15. The van der Waals surface area contributed by atoms with E-state index in [9.17, 15) is 9.59 Å². The maximum atomic E-state index is 11.7. The molecule has 3 N–H and O–H groups in total. The van der Waals surface area contributed by atoms with Gasteiger partial charge in [-0.25, -0.2) is 9.59 Å². The van der Waals surface area contributed by atoms with Crippen LogP contribution in [0, 0.1) is 0 Å². The van der Waals surface area contributed by atoms with Crippen LogP contribution in [-0.2, 0) is 11.3 Å². The Bertz CT molecular complexity index is 414. The van der Waals surface area contributed by atoms with E-state index in [1.54, 1.807) is 0 Å². The van der Waals surface area contributed by atoms with Gasteiger partial charge in [0, 0.05) is 6.54 Å². The molecule has 0 saturated carbocycles. The Morgan fingerprint density at radius 3 is 2.76 bits per heavy atom. The summed E-state index contributed by atoms with van der Waals surface area (Å²) in [5.74, 6) is -1.55. The molecule has 0 amide bonds. The third kappa shape index (κ3) is 3.54. The van der Waals surface area contributed by atoms with Gasteiger partial charge in [0.25, 0.3) is 0 Å². The average molecular weight is 257 g/mol. The molecule has 1 heterocycles. The number of ether oxygens (including phenoxy) is 1. The molecule has 0 bridgehead atoms. The van der Waals surface area contributed by atoms with E-state index in [1.165, 1.54) is 6.07 Å². The Labute approximate surface area is 103 Å². The standard InChI is InChI=1S/C11H15NO4S/c1-2-3-4-16-11(15)9-7(6-12)5-8(17-9)10(13)14/h5H,2-4,6,12H2,1H3,(H,13,14). The van der Waals surface area contributed by atoms with Gasteiger partial charge in [-0.05, 0) is 18.1 Å². The van der Waals surface area contributed by atoms with Gasteiger partial charge in [0.1, 0.15) is 9.75 Å². The summed E-state index contributed by atoms with van der Waals surface area (Å²) in [7, 11) is 0. The zero-order chi connectivity index (χ0) is 12.8. The third-order valence-electron chi connectivity index (χ3n) is 2.16. The Morgan fingerprint density at radius 2 is 2.24 bits per heavy atom. The van der Waals surface area contributed by atoms with Gasteiger partial charge in [-0.2, -0.15) is 0 Å². The fourth-order valence-electron chi connectivity index (χ4n) is 1.23. The van der Waals surface area contributed by atoms with Gasteiger partial charge in [0.2, 0.25) is 0 Å². The molecule has 0 radical (unpaired) electrons. The van der Waals surface area contributed by atoms with Gasteiger partial charge < -0.3 is 15.6 Å². The molecule has 94 valence electrons. The van der Waals surface area contributed by atoms with Crippen LogP contribution >= 0.6 is 11.3 Å². The van der Waals surface area contributed by atoms with Crippen molar-refractivity contribution >= 4 is 23.3 Å². The third-order valence-corrected chi connectivity index (χ3v) is 3.30. The Hall–Kier alpha value is -1.40. The summed E-state index contributed by atoms with van der Waals surface area (Å²) in [5, 5.41) is 8.83. The highest BCUT2D eigenvalue weighted by atomic mass is 32.1. The molecule has 0 fully saturated rings. The normalized spacial score (nSPS) is 10.2. The van der Waals surface area contributed by atoms with Gasteiger partial charge in [-0.15, -0.1) is 11.3 Å². The van der Waals surface area contributed by atoms with Gasteiger partial charge >= 0.3 is 11.9 Å². The summed E-state index contributed by atoms with van der Waals surface area (Å²) in [6, 6.07) is 1.42. The summed E-state index contributed by atoms with van der Waals surface area (Å²) in [6.45, 7) is 2.47. The predicted molar refractivity (Wildman–Crippen MR) is 64.4 cm³/mol. The SMILES string of the molecule is CCCCOC(=O)c1sc(C(=O)O)cc1CN. The van der Waals surface area contributed by atoms with E-state index in [1.807, 2.05) is 6.92 Å². The lowest BCUT2D eigenvalue weighted by Gasteiger charge is -2.03. The van der Waals surface area contributed by atoms with Crippen molar-refractivity contribution in [2.45, 2.75) is 26.3 Å². The largest absolute Gasteiger partial charge is 0.477 e. The van der Waals surface area contributed by atoms with Crippen molar-refractivity contribution in [3.05, 3.63) is 21.4 Å². The molecule has 0 aliphatic carbocycles. The summed E-state index contributed by atoms with van der Waals surface area (Å²) in [4.78, 5) is 22.9. The number of esters is 1.